The second kappa shape index (κ2) is 9.47. The lowest BCUT2D eigenvalue weighted by Gasteiger charge is -2.11. The van der Waals surface area contributed by atoms with E-state index < -0.39 is 0 Å². The zero-order valence-electron chi connectivity index (χ0n) is 17.3. The van der Waals surface area contributed by atoms with Gasteiger partial charge in [-0.1, -0.05) is 59.2 Å². The number of benzene rings is 2. The van der Waals surface area contributed by atoms with Crippen LogP contribution in [-0.4, -0.2) is 30.1 Å². The minimum atomic E-state index is -0.185. The Labute approximate surface area is 190 Å². The molecular formula is C24H22ClN3O2S. The van der Waals surface area contributed by atoms with Crippen molar-refractivity contribution in [2.24, 2.45) is 0 Å². The zero-order valence-corrected chi connectivity index (χ0v) is 18.8. The number of aromatic nitrogens is 1. The van der Waals surface area contributed by atoms with Crippen molar-refractivity contribution in [3.8, 4) is 22.4 Å². The van der Waals surface area contributed by atoms with E-state index in [1.54, 1.807) is 12.1 Å². The van der Waals surface area contributed by atoms with E-state index in [2.05, 4.69) is 65.9 Å². The van der Waals surface area contributed by atoms with Crippen LogP contribution in [0.5, 0.6) is 0 Å². The van der Waals surface area contributed by atoms with E-state index in [0.29, 0.717) is 15.0 Å². The van der Waals surface area contributed by atoms with Crippen LogP contribution in [0.4, 0.5) is 0 Å². The molecule has 31 heavy (non-hydrogen) atoms. The Morgan fingerprint density at radius 3 is 2.52 bits per heavy atom. The number of nitrogens with one attached hydrogen (secondary N) is 1. The first kappa shape index (κ1) is 21.3. The highest BCUT2D eigenvalue weighted by molar-refractivity contribution is 7.17. The molecule has 0 fully saturated rings. The molecule has 0 atom stereocenters. The standard InChI is InChI=1S/C24H22ClN3O2S/c1-28(2)15-16-4-3-5-19(12-16)17-6-8-18(9-7-17)21-13-20(30-27-21)14-26-24(29)22-10-11-23(25)31-22/h3-13H,14-15H2,1-2H3,(H,26,29). The molecule has 0 unspecified atom stereocenters. The van der Waals surface area contributed by atoms with Crippen molar-refractivity contribution in [2.75, 3.05) is 14.1 Å². The van der Waals surface area contributed by atoms with Crippen molar-refractivity contribution < 1.29 is 9.32 Å². The van der Waals surface area contributed by atoms with Crippen LogP contribution < -0.4 is 5.32 Å². The van der Waals surface area contributed by atoms with E-state index in [4.69, 9.17) is 16.1 Å². The number of rotatable bonds is 7. The lowest BCUT2D eigenvalue weighted by atomic mass is 10.0. The monoisotopic (exact) mass is 451 g/mol. The average molecular weight is 452 g/mol. The number of nitrogens with zero attached hydrogens (tertiary/aromatic N) is 2. The Morgan fingerprint density at radius 2 is 1.81 bits per heavy atom. The summed E-state index contributed by atoms with van der Waals surface area (Å²) in [5.41, 5.74) is 5.30. The molecule has 0 saturated heterocycles. The minimum Gasteiger partial charge on any atom is -0.359 e. The second-order valence-electron chi connectivity index (χ2n) is 7.48. The van der Waals surface area contributed by atoms with Crippen molar-refractivity contribution in [3.05, 3.63) is 87.3 Å². The van der Waals surface area contributed by atoms with Gasteiger partial charge in [0.25, 0.3) is 5.91 Å². The molecule has 2 aromatic heterocycles. The van der Waals surface area contributed by atoms with E-state index in [1.807, 2.05) is 18.2 Å². The largest absolute Gasteiger partial charge is 0.359 e. The van der Waals surface area contributed by atoms with Gasteiger partial charge < -0.3 is 14.7 Å². The summed E-state index contributed by atoms with van der Waals surface area (Å²) >= 11 is 7.12. The number of carbonyl (C=O) groups is 1. The van der Waals surface area contributed by atoms with Crippen molar-refractivity contribution in [1.29, 1.82) is 0 Å². The summed E-state index contributed by atoms with van der Waals surface area (Å²) < 4.78 is 5.97. The van der Waals surface area contributed by atoms with E-state index in [0.717, 1.165) is 23.4 Å². The molecule has 0 saturated carbocycles. The van der Waals surface area contributed by atoms with Gasteiger partial charge in [-0.25, -0.2) is 0 Å². The highest BCUT2D eigenvalue weighted by atomic mass is 35.5. The summed E-state index contributed by atoms with van der Waals surface area (Å²) in [6.07, 6.45) is 0. The quantitative estimate of drug-likeness (QED) is 0.390. The third kappa shape index (κ3) is 5.41. The van der Waals surface area contributed by atoms with Crippen LogP contribution in [0.25, 0.3) is 22.4 Å². The Bertz CT molecular complexity index is 1180. The number of hydrogen-bond donors (Lipinski definition) is 1. The molecule has 0 bridgehead atoms. The van der Waals surface area contributed by atoms with E-state index >= 15 is 0 Å². The third-order valence-corrected chi connectivity index (χ3v) is 5.95. The van der Waals surface area contributed by atoms with Crippen LogP contribution in [0, 0.1) is 0 Å². The lowest BCUT2D eigenvalue weighted by molar-refractivity contribution is 0.0951. The number of thiophene rings is 1. The van der Waals surface area contributed by atoms with Crippen LogP contribution >= 0.6 is 22.9 Å². The predicted molar refractivity (Wildman–Crippen MR) is 125 cm³/mol. The maximum absolute atomic E-state index is 12.1. The smallest absolute Gasteiger partial charge is 0.261 e. The number of halogens is 1. The van der Waals surface area contributed by atoms with Gasteiger partial charge in [-0.3, -0.25) is 4.79 Å². The molecule has 0 aliphatic carbocycles. The number of carbonyl (C=O) groups excluding carboxylic acids is 1. The van der Waals surface area contributed by atoms with Gasteiger partial charge >= 0.3 is 0 Å². The molecule has 2 aromatic carbocycles. The minimum absolute atomic E-state index is 0.185. The van der Waals surface area contributed by atoms with Crippen molar-refractivity contribution in [1.82, 2.24) is 15.4 Å². The average Bonchev–Trinajstić information content (AvgIpc) is 3.41. The van der Waals surface area contributed by atoms with Gasteiger partial charge in [0.1, 0.15) is 5.69 Å². The Morgan fingerprint density at radius 1 is 1.03 bits per heavy atom. The summed E-state index contributed by atoms with van der Waals surface area (Å²) in [4.78, 5) is 14.9. The van der Waals surface area contributed by atoms with Crippen LogP contribution in [0.15, 0.2) is 71.3 Å². The van der Waals surface area contributed by atoms with Gasteiger partial charge in [-0.15, -0.1) is 11.3 Å². The van der Waals surface area contributed by atoms with Crippen molar-refractivity contribution in [3.63, 3.8) is 0 Å². The Hall–Kier alpha value is -2.93. The molecule has 7 heteroatoms. The van der Waals surface area contributed by atoms with Gasteiger partial charge in [-0.05, 0) is 49.0 Å². The summed E-state index contributed by atoms with van der Waals surface area (Å²) in [5.74, 6) is 0.405. The normalized spacial score (nSPS) is 11.1. The van der Waals surface area contributed by atoms with Crippen LogP contribution in [0.1, 0.15) is 21.0 Å². The molecule has 1 amide bonds. The fraction of sp³-hybridized carbons (Fsp3) is 0.167. The van der Waals surface area contributed by atoms with Crippen LogP contribution in [0.3, 0.4) is 0 Å². The van der Waals surface area contributed by atoms with Gasteiger partial charge in [-0.2, -0.15) is 0 Å². The predicted octanol–water partition coefficient (Wildman–Crippen LogP) is 5.72. The third-order valence-electron chi connectivity index (χ3n) is 4.72. The highest BCUT2D eigenvalue weighted by Crippen LogP contribution is 2.26. The molecule has 0 spiro atoms. The van der Waals surface area contributed by atoms with Gasteiger partial charge in [0.15, 0.2) is 5.76 Å². The first-order valence-electron chi connectivity index (χ1n) is 9.81. The summed E-state index contributed by atoms with van der Waals surface area (Å²) in [6.45, 7) is 1.17. The molecule has 2 heterocycles. The van der Waals surface area contributed by atoms with E-state index in [-0.39, 0.29) is 12.5 Å². The van der Waals surface area contributed by atoms with E-state index in [9.17, 15) is 4.79 Å². The maximum atomic E-state index is 12.1. The molecule has 0 aliphatic heterocycles. The van der Waals surface area contributed by atoms with Crippen molar-refractivity contribution in [2.45, 2.75) is 13.1 Å². The van der Waals surface area contributed by atoms with Crippen molar-refractivity contribution >= 4 is 28.8 Å². The zero-order chi connectivity index (χ0) is 21.8. The summed E-state index contributed by atoms with van der Waals surface area (Å²) in [5, 5.41) is 6.96. The fourth-order valence-electron chi connectivity index (χ4n) is 3.27. The lowest BCUT2D eigenvalue weighted by Crippen LogP contribution is -2.21. The second-order valence-corrected chi connectivity index (χ2v) is 9.20. The van der Waals surface area contributed by atoms with E-state index in [1.165, 1.54) is 22.5 Å². The first-order valence-corrected chi connectivity index (χ1v) is 11.0. The SMILES string of the molecule is CN(C)Cc1cccc(-c2ccc(-c3cc(CNC(=O)c4ccc(Cl)s4)on3)cc2)c1. The molecular weight excluding hydrogens is 430 g/mol. The number of hydrogen-bond acceptors (Lipinski definition) is 5. The molecule has 4 aromatic rings. The first-order chi connectivity index (χ1) is 15.0. The topological polar surface area (TPSA) is 58.4 Å². The molecule has 0 aliphatic rings. The molecule has 158 valence electrons. The Balaban J connectivity index is 1.42. The van der Waals surface area contributed by atoms with Gasteiger partial charge in [0, 0.05) is 18.2 Å². The molecule has 0 radical (unpaired) electrons. The molecule has 5 nitrogen and oxygen atoms in total. The Kier molecular flexibility index (Phi) is 6.51. The highest BCUT2D eigenvalue weighted by Gasteiger charge is 2.11. The fourth-order valence-corrected chi connectivity index (χ4v) is 4.23. The summed E-state index contributed by atoms with van der Waals surface area (Å²) in [7, 11) is 4.13. The number of amides is 1. The van der Waals surface area contributed by atoms with Gasteiger partial charge in [0.2, 0.25) is 0 Å². The van der Waals surface area contributed by atoms with Crippen LogP contribution in [0.2, 0.25) is 4.34 Å². The maximum Gasteiger partial charge on any atom is 0.261 e. The molecule has 4 rings (SSSR count). The van der Waals surface area contributed by atoms with Crippen LogP contribution in [-0.2, 0) is 13.1 Å². The van der Waals surface area contributed by atoms with Gasteiger partial charge in [0.05, 0.1) is 15.8 Å². The molecule has 1 N–H and O–H groups in total. The summed E-state index contributed by atoms with van der Waals surface area (Å²) in [6, 6.07) is 22.0.